The molecule has 1 amide bonds. The van der Waals surface area contributed by atoms with Crippen molar-refractivity contribution in [2.45, 2.75) is 12.2 Å². The molecule has 2 aliphatic heterocycles. The van der Waals surface area contributed by atoms with Gasteiger partial charge in [-0.2, -0.15) is 10.1 Å². The van der Waals surface area contributed by atoms with Crippen molar-refractivity contribution >= 4 is 30.2 Å². The quantitative estimate of drug-likeness (QED) is 0.326. The maximum atomic E-state index is 12.8. The third kappa shape index (κ3) is 4.25. The fourth-order valence-electron chi connectivity index (χ4n) is 3.34. The van der Waals surface area contributed by atoms with Crippen molar-refractivity contribution in [3.8, 4) is 0 Å². The minimum atomic E-state index is -1.03. The molecule has 0 bridgehead atoms. The van der Waals surface area contributed by atoms with Crippen LogP contribution in [0.1, 0.15) is 17.5 Å². The van der Waals surface area contributed by atoms with Crippen molar-refractivity contribution in [3.63, 3.8) is 0 Å². The molecule has 1 atom stereocenters. The number of fused-ring (bicyclic) bond motifs is 1. The lowest BCUT2D eigenvalue weighted by atomic mass is 10.2. The molecule has 31 heavy (non-hydrogen) atoms. The number of ether oxygens (including phenoxy) is 1. The Labute approximate surface area is 180 Å². The highest BCUT2D eigenvalue weighted by Gasteiger charge is 2.71. The number of methoxy groups -OCH3 is 1. The van der Waals surface area contributed by atoms with Crippen LogP contribution in [-0.2, 0) is 14.3 Å². The van der Waals surface area contributed by atoms with E-state index in [1.54, 1.807) is 24.4 Å². The van der Waals surface area contributed by atoms with Gasteiger partial charge in [0.05, 0.1) is 7.11 Å². The van der Waals surface area contributed by atoms with Crippen molar-refractivity contribution in [1.29, 1.82) is 0 Å². The van der Waals surface area contributed by atoms with Gasteiger partial charge in [0.15, 0.2) is 0 Å². The average molecular weight is 414 g/mol. The lowest BCUT2D eigenvalue weighted by Gasteiger charge is -2.11. The van der Waals surface area contributed by atoms with Crippen LogP contribution >= 0.6 is 0 Å². The van der Waals surface area contributed by atoms with Crippen LogP contribution < -0.4 is 5.32 Å². The summed E-state index contributed by atoms with van der Waals surface area (Å²) in [7, 11) is 1.32. The van der Waals surface area contributed by atoms with Gasteiger partial charge < -0.3 is 10.1 Å². The number of hydrogen-bond donors (Lipinski definition) is 1. The molecule has 0 spiro atoms. The summed E-state index contributed by atoms with van der Waals surface area (Å²) in [6, 6.07) is 19.6. The number of hydrogen-bond acceptors (Lipinski definition) is 6. The summed E-state index contributed by atoms with van der Waals surface area (Å²) < 4.78 is 4.80. The first-order valence-corrected chi connectivity index (χ1v) is 9.83. The predicted molar refractivity (Wildman–Crippen MR) is 119 cm³/mol. The minimum absolute atomic E-state index is 0.0469. The SMILES string of the molecule is COC(=O)CC12NC(=CC=Cc3ccccc3)C(=O)N1N2N=CC=Cc1ccccc1. The summed E-state index contributed by atoms with van der Waals surface area (Å²) in [5, 5.41) is 10.3. The number of hydrazine groups is 1. The highest BCUT2D eigenvalue weighted by atomic mass is 16.5. The topological polar surface area (TPSA) is 73.8 Å². The Bertz CT molecular complexity index is 1080. The number of carbonyl (C=O) groups excluding carboxylic acids is 2. The number of hydrazone groups is 1. The van der Waals surface area contributed by atoms with Gasteiger partial charge in [-0.25, -0.2) is 0 Å². The first-order valence-electron chi connectivity index (χ1n) is 9.83. The Morgan fingerprint density at radius 1 is 1.03 bits per heavy atom. The second-order valence-corrected chi connectivity index (χ2v) is 6.99. The lowest BCUT2D eigenvalue weighted by molar-refractivity contribution is -0.141. The maximum absolute atomic E-state index is 12.8. The maximum Gasteiger partial charge on any atom is 0.312 e. The molecular formula is C24H22N4O3. The van der Waals surface area contributed by atoms with Crippen molar-refractivity contribution in [1.82, 2.24) is 15.4 Å². The Morgan fingerprint density at radius 2 is 1.65 bits per heavy atom. The molecule has 2 fully saturated rings. The highest BCUT2D eigenvalue weighted by molar-refractivity contribution is 5.99. The number of carbonyl (C=O) groups is 2. The van der Waals surface area contributed by atoms with Crippen LogP contribution in [0.15, 0.2) is 89.7 Å². The molecule has 2 aromatic carbocycles. The zero-order valence-corrected chi connectivity index (χ0v) is 17.0. The predicted octanol–water partition coefficient (Wildman–Crippen LogP) is 3.16. The van der Waals surface area contributed by atoms with E-state index in [-0.39, 0.29) is 12.3 Å². The molecule has 0 radical (unpaired) electrons. The summed E-state index contributed by atoms with van der Waals surface area (Å²) >= 11 is 0. The van der Waals surface area contributed by atoms with Crippen molar-refractivity contribution in [2.24, 2.45) is 5.10 Å². The molecule has 0 saturated carbocycles. The van der Waals surface area contributed by atoms with Gasteiger partial charge >= 0.3 is 5.97 Å². The normalized spacial score (nSPS) is 21.3. The molecule has 156 valence electrons. The highest BCUT2D eigenvalue weighted by Crippen LogP contribution is 2.46. The number of allylic oxidation sites excluding steroid dienone is 3. The molecule has 7 heteroatoms. The van der Waals surface area contributed by atoms with E-state index in [1.165, 1.54) is 17.2 Å². The second kappa shape index (κ2) is 8.71. The van der Waals surface area contributed by atoms with Gasteiger partial charge in [0.25, 0.3) is 11.7 Å². The molecule has 2 aliphatic rings. The van der Waals surface area contributed by atoms with Gasteiger partial charge in [-0.15, -0.1) is 5.12 Å². The van der Waals surface area contributed by atoms with Crippen molar-refractivity contribution in [2.75, 3.05) is 7.11 Å². The summed E-state index contributed by atoms with van der Waals surface area (Å²) in [5.74, 6) is -1.73. The average Bonchev–Trinajstić information content (AvgIpc) is 3.31. The molecule has 1 N–H and O–H groups in total. The van der Waals surface area contributed by atoms with Gasteiger partial charge in [0, 0.05) is 6.21 Å². The van der Waals surface area contributed by atoms with Gasteiger partial charge in [-0.05, 0) is 23.3 Å². The summed E-state index contributed by atoms with van der Waals surface area (Å²) in [5.41, 5.74) is 2.45. The van der Waals surface area contributed by atoms with E-state index in [2.05, 4.69) is 10.4 Å². The molecule has 2 aromatic rings. The van der Waals surface area contributed by atoms with Gasteiger partial charge in [-0.3, -0.25) is 9.59 Å². The molecule has 0 aliphatic carbocycles. The summed E-state index contributed by atoms with van der Waals surface area (Å²) in [4.78, 5) is 24.8. The van der Waals surface area contributed by atoms with Crippen LogP contribution in [0.3, 0.4) is 0 Å². The first-order chi connectivity index (χ1) is 15.1. The van der Waals surface area contributed by atoms with Crippen LogP contribution in [0.25, 0.3) is 12.2 Å². The number of nitrogens with one attached hydrogen (secondary N) is 1. The molecule has 0 aromatic heterocycles. The molecule has 1 unspecified atom stereocenters. The van der Waals surface area contributed by atoms with E-state index < -0.39 is 11.8 Å². The van der Waals surface area contributed by atoms with Crippen LogP contribution in [0.2, 0.25) is 0 Å². The van der Waals surface area contributed by atoms with Crippen LogP contribution in [0.4, 0.5) is 0 Å². The largest absolute Gasteiger partial charge is 0.469 e. The Kier molecular flexibility index (Phi) is 5.66. The van der Waals surface area contributed by atoms with E-state index in [4.69, 9.17) is 4.74 Å². The standard InChI is InChI=1S/C24H22N4O3/c1-31-22(29)18-24-26-21(16-8-14-19-10-4-2-5-11-19)23(30)27(24)28(24)25-17-9-15-20-12-6-3-7-13-20/h2-17,26H,18H2,1H3. The number of amides is 1. The van der Waals surface area contributed by atoms with Gasteiger partial charge in [0.1, 0.15) is 12.1 Å². The monoisotopic (exact) mass is 414 g/mol. The van der Waals surface area contributed by atoms with Gasteiger partial charge in [0.2, 0.25) is 0 Å². The van der Waals surface area contributed by atoms with Crippen molar-refractivity contribution in [3.05, 3.63) is 95.7 Å². The number of nitrogens with zero attached hydrogens (tertiary/aromatic N) is 3. The van der Waals surface area contributed by atoms with E-state index in [1.807, 2.05) is 72.8 Å². The third-order valence-corrected chi connectivity index (χ3v) is 4.91. The molecule has 2 heterocycles. The first kappa shape index (κ1) is 20.2. The van der Waals surface area contributed by atoms with Crippen LogP contribution in [-0.4, -0.2) is 41.1 Å². The van der Waals surface area contributed by atoms with E-state index in [9.17, 15) is 9.59 Å². The number of rotatable bonds is 7. The van der Waals surface area contributed by atoms with Crippen LogP contribution in [0.5, 0.6) is 0 Å². The fourth-order valence-corrected chi connectivity index (χ4v) is 3.34. The number of esters is 1. The molecule has 2 saturated heterocycles. The fraction of sp³-hybridized carbons (Fsp3) is 0.125. The van der Waals surface area contributed by atoms with Crippen molar-refractivity contribution < 1.29 is 14.3 Å². The van der Waals surface area contributed by atoms with E-state index in [0.29, 0.717) is 5.70 Å². The Morgan fingerprint density at radius 3 is 2.26 bits per heavy atom. The minimum Gasteiger partial charge on any atom is -0.469 e. The van der Waals surface area contributed by atoms with Gasteiger partial charge in [-0.1, -0.05) is 78.9 Å². The summed E-state index contributed by atoms with van der Waals surface area (Å²) in [6.45, 7) is 0. The Balaban J connectivity index is 1.47. The zero-order valence-electron chi connectivity index (χ0n) is 17.0. The lowest BCUT2D eigenvalue weighted by Crippen LogP contribution is -2.36. The second-order valence-electron chi connectivity index (χ2n) is 6.99. The zero-order chi connectivity index (χ0) is 21.7. The Hall–Kier alpha value is -4.13. The van der Waals surface area contributed by atoms with E-state index in [0.717, 1.165) is 11.1 Å². The molecule has 7 nitrogen and oxygen atoms in total. The van der Waals surface area contributed by atoms with Crippen LogP contribution in [0, 0.1) is 0 Å². The number of benzene rings is 2. The third-order valence-electron chi connectivity index (χ3n) is 4.91. The van der Waals surface area contributed by atoms with E-state index >= 15 is 0 Å². The smallest absolute Gasteiger partial charge is 0.312 e. The molecule has 4 rings (SSSR count). The summed E-state index contributed by atoms with van der Waals surface area (Å²) in [6.07, 6.45) is 10.6. The molecular weight excluding hydrogens is 392 g/mol.